The summed E-state index contributed by atoms with van der Waals surface area (Å²) >= 11 is 0. The molecule has 1 aliphatic heterocycles. The van der Waals surface area contributed by atoms with Gasteiger partial charge in [-0.05, 0) is 74.6 Å². The van der Waals surface area contributed by atoms with E-state index in [2.05, 4.69) is 40.2 Å². The lowest BCUT2D eigenvalue weighted by atomic mass is 9.94. The van der Waals surface area contributed by atoms with Crippen LogP contribution in [0.4, 0.5) is 0 Å². The summed E-state index contributed by atoms with van der Waals surface area (Å²) in [7, 11) is 0. The summed E-state index contributed by atoms with van der Waals surface area (Å²) in [5.41, 5.74) is 3.13. The fourth-order valence-corrected chi connectivity index (χ4v) is 3.61. The van der Waals surface area contributed by atoms with Crippen LogP contribution in [-0.2, 0) is 6.54 Å². The average molecular weight is 351 g/mol. The first-order chi connectivity index (χ1) is 12.8. The standard InChI is InChI=1S/C21H25N3O2/c1-16-5-6-20-19(14-16)21(23-26-20)25-13-9-17-7-11-24(12-8-17)15-18-4-2-3-10-22-18/h2-6,10,14,17H,7-9,11-13,15H2,1H3. The van der Waals surface area contributed by atoms with Crippen LogP contribution in [-0.4, -0.2) is 34.7 Å². The molecule has 0 aliphatic carbocycles. The van der Waals surface area contributed by atoms with Gasteiger partial charge in [0, 0.05) is 12.7 Å². The van der Waals surface area contributed by atoms with Gasteiger partial charge in [0.25, 0.3) is 5.88 Å². The summed E-state index contributed by atoms with van der Waals surface area (Å²) in [6, 6.07) is 12.2. The molecule has 5 heteroatoms. The van der Waals surface area contributed by atoms with Crippen LogP contribution in [0.2, 0.25) is 0 Å². The molecule has 1 saturated heterocycles. The molecule has 1 fully saturated rings. The minimum Gasteiger partial charge on any atom is -0.475 e. The Balaban J connectivity index is 1.23. The van der Waals surface area contributed by atoms with Gasteiger partial charge in [0.15, 0.2) is 5.58 Å². The highest BCUT2D eigenvalue weighted by molar-refractivity contribution is 5.82. The molecule has 1 aromatic carbocycles. The topological polar surface area (TPSA) is 51.4 Å². The van der Waals surface area contributed by atoms with Crippen LogP contribution in [0.5, 0.6) is 5.88 Å². The zero-order chi connectivity index (χ0) is 17.8. The van der Waals surface area contributed by atoms with Gasteiger partial charge in [-0.25, -0.2) is 0 Å². The predicted octanol–water partition coefficient (Wildman–Crippen LogP) is 4.21. The van der Waals surface area contributed by atoms with E-state index >= 15 is 0 Å². The Bertz CT molecular complexity index is 839. The van der Waals surface area contributed by atoms with E-state index in [4.69, 9.17) is 9.26 Å². The minimum atomic E-state index is 0.622. The van der Waals surface area contributed by atoms with Gasteiger partial charge in [0.1, 0.15) is 0 Å². The zero-order valence-electron chi connectivity index (χ0n) is 15.2. The molecule has 0 saturated carbocycles. The molecule has 0 amide bonds. The van der Waals surface area contributed by atoms with Gasteiger partial charge in [-0.2, -0.15) is 0 Å². The van der Waals surface area contributed by atoms with Crippen molar-refractivity contribution in [3.63, 3.8) is 0 Å². The Morgan fingerprint density at radius 1 is 1.19 bits per heavy atom. The fourth-order valence-electron chi connectivity index (χ4n) is 3.61. The van der Waals surface area contributed by atoms with Gasteiger partial charge in [-0.1, -0.05) is 17.7 Å². The number of benzene rings is 1. The van der Waals surface area contributed by atoms with Crippen LogP contribution in [0.3, 0.4) is 0 Å². The Kier molecular flexibility index (Phi) is 5.16. The van der Waals surface area contributed by atoms with Crippen LogP contribution < -0.4 is 4.74 Å². The third-order valence-electron chi connectivity index (χ3n) is 5.18. The summed E-state index contributed by atoms with van der Waals surface area (Å²) in [5.74, 6) is 1.34. The normalized spacial score (nSPS) is 16.2. The van der Waals surface area contributed by atoms with Crippen molar-refractivity contribution >= 4 is 11.0 Å². The smallest absolute Gasteiger partial charge is 0.262 e. The van der Waals surface area contributed by atoms with Crippen LogP contribution in [0, 0.1) is 12.8 Å². The molecule has 26 heavy (non-hydrogen) atoms. The second-order valence-corrected chi connectivity index (χ2v) is 7.17. The highest BCUT2D eigenvalue weighted by Crippen LogP contribution is 2.27. The molecular formula is C21H25N3O2. The van der Waals surface area contributed by atoms with Gasteiger partial charge >= 0.3 is 0 Å². The van der Waals surface area contributed by atoms with Crippen molar-refractivity contribution in [3.05, 3.63) is 53.9 Å². The highest BCUT2D eigenvalue weighted by Gasteiger charge is 2.20. The number of aryl methyl sites for hydroxylation is 1. The van der Waals surface area contributed by atoms with E-state index in [0.717, 1.165) is 48.6 Å². The predicted molar refractivity (Wildman–Crippen MR) is 101 cm³/mol. The van der Waals surface area contributed by atoms with Crippen molar-refractivity contribution in [2.75, 3.05) is 19.7 Å². The molecule has 0 N–H and O–H groups in total. The number of ether oxygens (including phenoxy) is 1. The Hall–Kier alpha value is -2.40. The zero-order valence-corrected chi connectivity index (χ0v) is 15.2. The SMILES string of the molecule is Cc1ccc2onc(OCCC3CCN(Cc4ccccn4)CC3)c2c1. The molecule has 3 aromatic rings. The molecule has 3 heterocycles. The number of fused-ring (bicyclic) bond motifs is 1. The summed E-state index contributed by atoms with van der Waals surface area (Å²) < 4.78 is 11.2. The minimum absolute atomic E-state index is 0.622. The van der Waals surface area contributed by atoms with Crippen molar-refractivity contribution in [3.8, 4) is 5.88 Å². The molecule has 4 rings (SSSR count). The Labute approximate surface area is 154 Å². The van der Waals surface area contributed by atoms with Crippen molar-refractivity contribution in [2.45, 2.75) is 32.7 Å². The van der Waals surface area contributed by atoms with Gasteiger partial charge in [-0.3, -0.25) is 9.88 Å². The second-order valence-electron chi connectivity index (χ2n) is 7.17. The molecule has 5 nitrogen and oxygen atoms in total. The lowest BCUT2D eigenvalue weighted by Gasteiger charge is -2.31. The second kappa shape index (κ2) is 7.87. The first kappa shape index (κ1) is 17.0. The lowest BCUT2D eigenvalue weighted by molar-refractivity contribution is 0.154. The van der Waals surface area contributed by atoms with Gasteiger partial charge < -0.3 is 9.26 Å². The molecule has 0 unspecified atom stereocenters. The van der Waals surface area contributed by atoms with Gasteiger partial charge in [0.2, 0.25) is 0 Å². The molecule has 0 atom stereocenters. The van der Waals surface area contributed by atoms with E-state index in [1.54, 1.807) is 0 Å². The third-order valence-corrected chi connectivity index (χ3v) is 5.18. The van der Waals surface area contributed by atoms with E-state index in [1.807, 2.05) is 24.4 Å². The number of nitrogens with zero attached hydrogens (tertiary/aromatic N) is 3. The highest BCUT2D eigenvalue weighted by atomic mass is 16.5. The van der Waals surface area contributed by atoms with Gasteiger partial charge in [-0.15, -0.1) is 0 Å². The Morgan fingerprint density at radius 3 is 2.88 bits per heavy atom. The lowest BCUT2D eigenvalue weighted by Crippen LogP contribution is -2.33. The number of piperidine rings is 1. The monoisotopic (exact) mass is 351 g/mol. The maximum atomic E-state index is 5.91. The number of likely N-dealkylation sites (tertiary alicyclic amines) is 1. The van der Waals surface area contributed by atoms with Crippen LogP contribution >= 0.6 is 0 Å². The maximum absolute atomic E-state index is 5.91. The first-order valence-electron chi connectivity index (χ1n) is 9.39. The quantitative estimate of drug-likeness (QED) is 0.666. The van der Waals surface area contributed by atoms with Crippen molar-refractivity contribution in [1.82, 2.24) is 15.0 Å². The average Bonchev–Trinajstić information content (AvgIpc) is 3.06. The molecular weight excluding hydrogens is 326 g/mol. The number of aromatic nitrogens is 2. The molecule has 0 bridgehead atoms. The van der Waals surface area contributed by atoms with E-state index in [0.29, 0.717) is 12.5 Å². The van der Waals surface area contributed by atoms with Gasteiger partial charge in [0.05, 0.1) is 17.7 Å². The Morgan fingerprint density at radius 2 is 2.08 bits per heavy atom. The van der Waals surface area contributed by atoms with E-state index in [9.17, 15) is 0 Å². The molecule has 136 valence electrons. The molecule has 2 aromatic heterocycles. The fraction of sp³-hybridized carbons (Fsp3) is 0.429. The number of hydrogen-bond acceptors (Lipinski definition) is 5. The number of rotatable bonds is 6. The summed E-state index contributed by atoms with van der Waals surface area (Å²) in [5, 5.41) is 5.03. The van der Waals surface area contributed by atoms with Crippen LogP contribution in [0.1, 0.15) is 30.5 Å². The number of hydrogen-bond donors (Lipinski definition) is 0. The summed E-state index contributed by atoms with van der Waals surface area (Å²) in [4.78, 5) is 6.92. The van der Waals surface area contributed by atoms with Crippen LogP contribution in [0.15, 0.2) is 47.1 Å². The van der Waals surface area contributed by atoms with E-state index in [-0.39, 0.29) is 0 Å². The third kappa shape index (κ3) is 4.05. The van der Waals surface area contributed by atoms with E-state index < -0.39 is 0 Å². The first-order valence-corrected chi connectivity index (χ1v) is 9.39. The number of pyridine rings is 1. The summed E-state index contributed by atoms with van der Waals surface area (Å²) in [6.07, 6.45) is 5.37. The molecule has 0 radical (unpaired) electrons. The van der Waals surface area contributed by atoms with Crippen molar-refractivity contribution < 1.29 is 9.26 Å². The summed E-state index contributed by atoms with van der Waals surface area (Å²) in [6.45, 7) is 5.98. The largest absolute Gasteiger partial charge is 0.475 e. The van der Waals surface area contributed by atoms with Crippen LogP contribution in [0.25, 0.3) is 11.0 Å². The maximum Gasteiger partial charge on any atom is 0.262 e. The molecule has 0 spiro atoms. The van der Waals surface area contributed by atoms with E-state index in [1.165, 1.54) is 18.4 Å². The van der Waals surface area contributed by atoms with Crippen molar-refractivity contribution in [2.24, 2.45) is 5.92 Å². The molecule has 1 aliphatic rings. The van der Waals surface area contributed by atoms with Crippen molar-refractivity contribution in [1.29, 1.82) is 0 Å².